The Balaban J connectivity index is 2.68. The summed E-state index contributed by atoms with van der Waals surface area (Å²) in [5.41, 5.74) is 4.41. The van der Waals surface area contributed by atoms with Gasteiger partial charge in [0, 0.05) is 0 Å². The number of nitrogens with one attached hydrogen (secondary N) is 1. The number of hydrogen-bond acceptors (Lipinski definition) is 1. The minimum Gasteiger partial charge on any atom is -0.300 e. The second kappa shape index (κ2) is 7.05. The van der Waals surface area contributed by atoms with Gasteiger partial charge in [0.1, 0.15) is 0 Å². The van der Waals surface area contributed by atoms with E-state index in [0.717, 1.165) is 12.0 Å². The maximum absolute atomic E-state index is 7.95. The fraction of sp³-hybridized carbons (Fsp3) is 0.438. The monoisotopic (exact) mass is 229 g/mol. The third-order valence-electron chi connectivity index (χ3n) is 3.14. The molecule has 0 saturated heterocycles. The van der Waals surface area contributed by atoms with Crippen molar-refractivity contribution in [2.45, 2.75) is 46.5 Å². The quantitative estimate of drug-likeness (QED) is 0.391. The average Bonchev–Trinajstić information content (AvgIpc) is 2.80. The first kappa shape index (κ1) is 13.7. The molecule has 1 nitrogen and oxygen atoms in total. The largest absolute Gasteiger partial charge is 0.300 e. The van der Waals surface area contributed by atoms with E-state index >= 15 is 0 Å². The maximum atomic E-state index is 7.95. The van der Waals surface area contributed by atoms with Crippen LogP contribution in [0.4, 0.5) is 0 Å². The van der Waals surface area contributed by atoms with E-state index in [-0.39, 0.29) is 0 Å². The molecule has 1 aliphatic rings. The van der Waals surface area contributed by atoms with E-state index in [0.29, 0.717) is 5.71 Å². The summed E-state index contributed by atoms with van der Waals surface area (Å²) < 4.78 is 0. The lowest BCUT2D eigenvalue weighted by atomic mass is 9.99. The molecule has 0 spiro atoms. The fourth-order valence-electron chi connectivity index (χ4n) is 2.17. The van der Waals surface area contributed by atoms with Gasteiger partial charge >= 0.3 is 0 Å². The fourth-order valence-corrected chi connectivity index (χ4v) is 2.17. The molecule has 0 saturated carbocycles. The molecule has 1 rings (SSSR count). The molecular formula is C16H23N. The van der Waals surface area contributed by atoms with Gasteiger partial charge in [-0.1, -0.05) is 29.9 Å². The van der Waals surface area contributed by atoms with E-state index in [2.05, 4.69) is 19.1 Å². The van der Waals surface area contributed by atoms with Gasteiger partial charge in [0.15, 0.2) is 0 Å². The van der Waals surface area contributed by atoms with Crippen LogP contribution in [-0.2, 0) is 0 Å². The van der Waals surface area contributed by atoms with Crippen LogP contribution in [-0.4, -0.2) is 5.71 Å². The highest BCUT2D eigenvalue weighted by atomic mass is 14.4. The SMILES string of the molecule is C/C=C\C(=N)C(=C/C)/C(C)=C\CC1=CCCC1. The van der Waals surface area contributed by atoms with Gasteiger partial charge in [-0.3, -0.25) is 0 Å². The molecule has 0 heterocycles. The molecule has 0 aliphatic heterocycles. The van der Waals surface area contributed by atoms with Crippen LogP contribution in [0, 0.1) is 5.41 Å². The normalized spacial score (nSPS) is 17.7. The van der Waals surface area contributed by atoms with Gasteiger partial charge in [0.2, 0.25) is 0 Å². The number of rotatable bonds is 5. The molecule has 0 aromatic carbocycles. The second-order valence-electron chi connectivity index (χ2n) is 4.46. The van der Waals surface area contributed by atoms with Crippen LogP contribution >= 0.6 is 0 Å². The standard InChI is InChI=1S/C16H23N/c1-4-8-16(17)15(5-2)13(3)11-12-14-9-6-7-10-14/h4-5,8-9,11,17H,6-7,10,12H2,1-3H3/b8-4-,13-11-,15-5+,17-16?. The predicted octanol–water partition coefficient (Wildman–Crippen LogP) is 4.98. The Kier molecular flexibility index (Phi) is 5.68. The lowest BCUT2D eigenvalue weighted by molar-refractivity contribution is 0.892. The van der Waals surface area contributed by atoms with Gasteiger partial charge < -0.3 is 5.41 Å². The summed E-state index contributed by atoms with van der Waals surface area (Å²) in [5.74, 6) is 0. The molecular weight excluding hydrogens is 206 g/mol. The minimum absolute atomic E-state index is 0.601. The van der Waals surface area contributed by atoms with E-state index in [9.17, 15) is 0 Å². The van der Waals surface area contributed by atoms with Crippen molar-refractivity contribution in [2.24, 2.45) is 0 Å². The summed E-state index contributed by atoms with van der Waals surface area (Å²) in [7, 11) is 0. The Morgan fingerprint density at radius 2 is 2.18 bits per heavy atom. The zero-order chi connectivity index (χ0) is 12.7. The predicted molar refractivity (Wildman–Crippen MR) is 76.6 cm³/mol. The molecule has 1 heteroatoms. The molecule has 0 radical (unpaired) electrons. The van der Waals surface area contributed by atoms with Crippen molar-refractivity contribution < 1.29 is 0 Å². The zero-order valence-corrected chi connectivity index (χ0v) is 11.2. The maximum Gasteiger partial charge on any atom is 0.0608 e. The average molecular weight is 229 g/mol. The molecule has 1 aliphatic carbocycles. The highest BCUT2D eigenvalue weighted by molar-refractivity contribution is 6.09. The van der Waals surface area contributed by atoms with Crippen molar-refractivity contribution in [2.75, 3.05) is 0 Å². The van der Waals surface area contributed by atoms with Crippen molar-refractivity contribution in [3.8, 4) is 0 Å². The topological polar surface area (TPSA) is 23.9 Å². The van der Waals surface area contributed by atoms with Crippen molar-refractivity contribution in [3.05, 3.63) is 47.1 Å². The first-order valence-electron chi connectivity index (χ1n) is 6.42. The molecule has 0 amide bonds. The van der Waals surface area contributed by atoms with Crippen molar-refractivity contribution in [1.29, 1.82) is 5.41 Å². The molecule has 92 valence electrons. The van der Waals surface area contributed by atoms with Crippen molar-refractivity contribution in [3.63, 3.8) is 0 Å². The Hall–Kier alpha value is -1.37. The molecule has 0 aromatic heterocycles. The Morgan fingerprint density at radius 1 is 1.41 bits per heavy atom. The third-order valence-corrected chi connectivity index (χ3v) is 3.14. The Labute approximate surface area is 105 Å². The van der Waals surface area contributed by atoms with E-state index in [4.69, 9.17) is 5.41 Å². The molecule has 0 atom stereocenters. The van der Waals surface area contributed by atoms with Gasteiger partial charge in [-0.25, -0.2) is 0 Å². The summed E-state index contributed by atoms with van der Waals surface area (Å²) in [6.45, 7) is 6.05. The number of hydrogen-bond donors (Lipinski definition) is 1. The van der Waals surface area contributed by atoms with Crippen LogP contribution in [0.15, 0.2) is 47.1 Å². The van der Waals surface area contributed by atoms with E-state index in [1.807, 2.05) is 32.1 Å². The molecule has 17 heavy (non-hydrogen) atoms. The van der Waals surface area contributed by atoms with Gasteiger partial charge in [-0.05, 0) is 63.7 Å². The Morgan fingerprint density at radius 3 is 2.71 bits per heavy atom. The second-order valence-corrected chi connectivity index (χ2v) is 4.46. The highest BCUT2D eigenvalue weighted by Crippen LogP contribution is 2.22. The zero-order valence-electron chi connectivity index (χ0n) is 11.2. The summed E-state index contributed by atoms with van der Waals surface area (Å²) in [5, 5.41) is 7.95. The van der Waals surface area contributed by atoms with Crippen molar-refractivity contribution in [1.82, 2.24) is 0 Å². The Bertz CT molecular complexity index is 392. The van der Waals surface area contributed by atoms with E-state index in [1.165, 1.54) is 24.8 Å². The lowest BCUT2D eigenvalue weighted by Crippen LogP contribution is -1.98. The summed E-state index contributed by atoms with van der Waals surface area (Å²) in [4.78, 5) is 0. The van der Waals surface area contributed by atoms with E-state index < -0.39 is 0 Å². The van der Waals surface area contributed by atoms with Crippen LogP contribution in [0.1, 0.15) is 46.5 Å². The molecule has 0 bridgehead atoms. The molecule has 1 N–H and O–H groups in total. The van der Waals surface area contributed by atoms with Crippen molar-refractivity contribution >= 4 is 5.71 Å². The first-order valence-corrected chi connectivity index (χ1v) is 6.42. The lowest BCUT2D eigenvalue weighted by Gasteiger charge is -2.06. The van der Waals surface area contributed by atoms with Crippen LogP contribution in [0.3, 0.4) is 0 Å². The summed E-state index contributed by atoms with van der Waals surface area (Å²) in [6, 6.07) is 0. The highest BCUT2D eigenvalue weighted by Gasteiger charge is 2.05. The molecule has 0 unspecified atom stereocenters. The summed E-state index contributed by atoms with van der Waals surface area (Å²) in [6.07, 6.45) is 15.3. The third kappa shape index (κ3) is 4.18. The molecule has 0 aromatic rings. The van der Waals surface area contributed by atoms with Crippen LogP contribution < -0.4 is 0 Å². The van der Waals surface area contributed by atoms with Crippen LogP contribution in [0.2, 0.25) is 0 Å². The van der Waals surface area contributed by atoms with Gasteiger partial charge in [-0.2, -0.15) is 0 Å². The first-order chi connectivity index (χ1) is 8.19. The smallest absolute Gasteiger partial charge is 0.0608 e. The molecule has 0 fully saturated rings. The van der Waals surface area contributed by atoms with Crippen LogP contribution in [0.25, 0.3) is 0 Å². The van der Waals surface area contributed by atoms with E-state index in [1.54, 1.807) is 5.57 Å². The van der Waals surface area contributed by atoms with Gasteiger partial charge in [0.25, 0.3) is 0 Å². The minimum atomic E-state index is 0.601. The summed E-state index contributed by atoms with van der Waals surface area (Å²) >= 11 is 0. The number of allylic oxidation sites excluding steroid dienone is 8. The van der Waals surface area contributed by atoms with Gasteiger partial charge in [-0.15, -0.1) is 0 Å². The van der Waals surface area contributed by atoms with Crippen LogP contribution in [0.5, 0.6) is 0 Å². The van der Waals surface area contributed by atoms with Gasteiger partial charge in [0.05, 0.1) is 5.71 Å².